The van der Waals surface area contributed by atoms with E-state index < -0.39 is 46.7 Å². The van der Waals surface area contributed by atoms with Gasteiger partial charge in [0.1, 0.15) is 11.8 Å². The Bertz CT molecular complexity index is 1800. The fourth-order valence-electron chi connectivity index (χ4n) is 7.44. The zero-order valence-electron chi connectivity index (χ0n) is 37.4. The molecule has 1 aliphatic heterocycles. The van der Waals surface area contributed by atoms with Gasteiger partial charge in [-0.2, -0.15) is 0 Å². The van der Waals surface area contributed by atoms with E-state index in [0.717, 1.165) is 11.1 Å². The number of nitrogens with two attached hydrogens (primary N) is 2. The molecule has 0 saturated carbocycles. The molecule has 13 nitrogen and oxygen atoms in total. The smallest absolute Gasteiger partial charge is 0.405 e. The molecule has 0 aromatic heterocycles. The molecule has 3 unspecified atom stereocenters. The van der Waals surface area contributed by atoms with E-state index >= 15 is 0 Å². The monoisotopic (exact) mass is 839 g/mol. The number of anilines is 2. The van der Waals surface area contributed by atoms with Gasteiger partial charge in [0.25, 0.3) is 20.1 Å². The molecule has 0 radical (unpaired) electrons. The fourth-order valence-corrected chi connectivity index (χ4v) is 13.7. The largest absolute Gasteiger partial charge is 0.540 e. The van der Waals surface area contributed by atoms with Gasteiger partial charge in [-0.1, -0.05) is 88.3 Å². The first-order chi connectivity index (χ1) is 26.8. The van der Waals surface area contributed by atoms with Crippen LogP contribution in [0.3, 0.4) is 0 Å². The highest BCUT2D eigenvalue weighted by molar-refractivity contribution is 6.78. The van der Waals surface area contributed by atoms with Crippen molar-refractivity contribution in [3.8, 4) is 11.5 Å². The van der Waals surface area contributed by atoms with Crippen molar-refractivity contribution in [1.82, 2.24) is 10.2 Å². The van der Waals surface area contributed by atoms with E-state index in [4.69, 9.17) is 29.8 Å². The third kappa shape index (κ3) is 11.0. The molecule has 58 heavy (non-hydrogen) atoms. The minimum atomic E-state index is -2.36. The zero-order valence-corrected chi connectivity index (χ0v) is 39.4. The highest BCUT2D eigenvalue weighted by Crippen LogP contribution is 2.46. The Morgan fingerprint density at radius 3 is 1.93 bits per heavy atom. The quantitative estimate of drug-likeness (QED) is 0.0894. The average molecular weight is 840 g/mol. The maximum atomic E-state index is 14.6. The van der Waals surface area contributed by atoms with Crippen molar-refractivity contribution in [3.05, 3.63) is 53.7 Å². The molecule has 15 heteroatoms. The molecule has 1 heterocycles. The van der Waals surface area contributed by atoms with Gasteiger partial charge < -0.3 is 45.3 Å². The third-order valence-corrected chi connectivity index (χ3v) is 22.3. The summed E-state index contributed by atoms with van der Waals surface area (Å²) in [7, 11) is -2.96. The predicted molar refractivity (Wildman–Crippen MR) is 237 cm³/mol. The Balaban J connectivity index is 1.94. The summed E-state index contributed by atoms with van der Waals surface area (Å²) in [5.74, 6) is -0.701. The van der Waals surface area contributed by atoms with Crippen LogP contribution in [0.1, 0.15) is 105 Å². The van der Waals surface area contributed by atoms with Crippen molar-refractivity contribution in [2.24, 2.45) is 11.7 Å². The van der Waals surface area contributed by atoms with E-state index in [0.29, 0.717) is 58.1 Å². The maximum Gasteiger partial charge on any atom is 0.405 e. The van der Waals surface area contributed by atoms with Crippen molar-refractivity contribution in [3.63, 3.8) is 0 Å². The molecule has 0 saturated heterocycles. The summed E-state index contributed by atoms with van der Waals surface area (Å²) in [6.45, 7) is 29.5. The second kappa shape index (κ2) is 19.1. The summed E-state index contributed by atoms with van der Waals surface area (Å²) in [6, 6.07) is 9.46. The van der Waals surface area contributed by atoms with Gasteiger partial charge in [0.2, 0.25) is 5.91 Å². The van der Waals surface area contributed by atoms with Gasteiger partial charge in [-0.3, -0.25) is 14.4 Å². The van der Waals surface area contributed by atoms with Gasteiger partial charge in [-0.15, -0.1) is 0 Å². The lowest BCUT2D eigenvalue weighted by molar-refractivity contribution is -0.134. The Morgan fingerprint density at radius 1 is 0.879 bits per heavy atom. The molecule has 0 fully saturated rings. The Kier molecular flexibility index (Phi) is 15.9. The van der Waals surface area contributed by atoms with Crippen molar-refractivity contribution < 1.29 is 37.5 Å². The lowest BCUT2D eigenvalue weighted by Crippen LogP contribution is -2.50. The second-order valence-corrected chi connectivity index (χ2v) is 28.4. The number of carbonyl (C=O) groups excluding carboxylic acids is 4. The van der Waals surface area contributed by atoms with Crippen LogP contribution in [0.25, 0.3) is 5.57 Å². The molecule has 322 valence electrons. The minimum Gasteiger partial charge on any atom is -0.540 e. The number of amides is 4. The van der Waals surface area contributed by atoms with E-state index in [1.165, 1.54) is 6.92 Å². The van der Waals surface area contributed by atoms with Crippen LogP contribution in [0.4, 0.5) is 16.2 Å². The summed E-state index contributed by atoms with van der Waals surface area (Å²) < 4.78 is 24.4. The molecule has 0 aliphatic carbocycles. The SMILES string of the molecule is COc1cc(C(=O)N2C=C(c3ccc(NC(=O)C(C)NC(=O)C(OC(N)=O)C(C)C)cc3)CC2CO[Si](C)(C)C(C)(C)C)c(N)cc1O[Si](C(C)C)(C(C)C)C(C)C. The normalized spacial score (nSPS) is 16.0. The first-order valence-electron chi connectivity index (χ1n) is 20.3. The zero-order chi connectivity index (χ0) is 44.1. The topological polar surface area (TPSA) is 185 Å². The summed E-state index contributed by atoms with van der Waals surface area (Å²) in [5, 5.41) is 5.37. The number of carbonyl (C=O) groups is 4. The molecule has 2 aromatic carbocycles. The third-order valence-electron chi connectivity index (χ3n) is 11.8. The molecule has 3 atom stereocenters. The fraction of sp³-hybridized carbons (Fsp3) is 0.581. The van der Waals surface area contributed by atoms with Crippen molar-refractivity contribution in [2.75, 3.05) is 24.8 Å². The molecule has 0 spiro atoms. The summed E-state index contributed by atoms with van der Waals surface area (Å²) in [4.78, 5) is 53.3. The van der Waals surface area contributed by atoms with Crippen molar-refractivity contribution >= 4 is 57.4 Å². The van der Waals surface area contributed by atoms with E-state index in [1.807, 2.05) is 18.3 Å². The Morgan fingerprint density at radius 2 is 1.45 bits per heavy atom. The predicted octanol–water partition coefficient (Wildman–Crippen LogP) is 8.67. The van der Waals surface area contributed by atoms with Crippen LogP contribution in [0.2, 0.25) is 34.8 Å². The number of rotatable bonds is 17. The molecule has 0 bridgehead atoms. The molecule has 4 amide bonds. The van der Waals surface area contributed by atoms with Gasteiger partial charge >= 0.3 is 6.09 Å². The highest BCUT2D eigenvalue weighted by atomic mass is 28.4. The van der Waals surface area contributed by atoms with Gasteiger partial charge in [0, 0.05) is 23.6 Å². The highest BCUT2D eigenvalue weighted by Gasteiger charge is 2.48. The number of nitrogens with zero attached hydrogens (tertiary/aromatic N) is 1. The first-order valence-corrected chi connectivity index (χ1v) is 25.3. The van der Waals surface area contributed by atoms with E-state index in [9.17, 15) is 19.2 Å². The number of hydrogen-bond donors (Lipinski definition) is 4. The number of nitrogen functional groups attached to an aromatic ring is 1. The lowest BCUT2D eigenvalue weighted by atomic mass is 10.0. The average Bonchev–Trinajstić information content (AvgIpc) is 3.55. The van der Waals surface area contributed by atoms with Crippen LogP contribution in [0.15, 0.2) is 42.6 Å². The lowest BCUT2D eigenvalue weighted by Gasteiger charge is -2.42. The maximum absolute atomic E-state index is 14.6. The van der Waals surface area contributed by atoms with Crippen LogP contribution >= 0.6 is 0 Å². The first kappa shape index (κ1) is 48.0. The van der Waals surface area contributed by atoms with Crippen LogP contribution in [0, 0.1) is 5.92 Å². The van der Waals surface area contributed by atoms with Crippen LogP contribution in [0.5, 0.6) is 11.5 Å². The van der Waals surface area contributed by atoms with Crippen LogP contribution in [-0.4, -0.2) is 77.3 Å². The summed E-state index contributed by atoms with van der Waals surface area (Å²) >= 11 is 0. The van der Waals surface area contributed by atoms with Gasteiger partial charge in [-0.05, 0) is 83.4 Å². The van der Waals surface area contributed by atoms with Crippen molar-refractivity contribution in [2.45, 2.75) is 142 Å². The molecular weight excluding hydrogens is 771 g/mol. The Hall–Kier alpha value is -4.35. The van der Waals surface area contributed by atoms with E-state index in [-0.39, 0.29) is 22.9 Å². The number of benzene rings is 2. The van der Waals surface area contributed by atoms with E-state index in [2.05, 4.69) is 86.0 Å². The molecular formula is C43H69N5O8Si2. The van der Waals surface area contributed by atoms with Crippen LogP contribution < -0.4 is 31.3 Å². The van der Waals surface area contributed by atoms with Crippen LogP contribution in [-0.2, 0) is 18.8 Å². The number of hydrogen-bond acceptors (Lipinski definition) is 9. The minimum absolute atomic E-state index is 0.0290. The summed E-state index contributed by atoms with van der Waals surface area (Å²) in [5.41, 5.74) is 15.7. The second-order valence-electron chi connectivity index (χ2n) is 18.2. The Labute approximate surface area is 348 Å². The van der Waals surface area contributed by atoms with Crippen molar-refractivity contribution in [1.29, 1.82) is 0 Å². The molecule has 6 N–H and O–H groups in total. The standard InChI is InChI=1S/C43H69N5O8Si2/c1-25(2)38(55-42(45)52)40(50)46-29(9)39(49)47-32-18-16-30(17-19-32)31-20-33(24-54-57(14,15)43(10,11)12)48(23-31)41(51)34-21-36(53-13)37(22-35(34)44)56-58(26(3)4,27(5)6)28(7)8/h16-19,21-23,25-29,33,38H,20,24,44H2,1-15H3,(H2,45,52)(H,46,50)(H,47,49). The van der Waals surface area contributed by atoms with Gasteiger partial charge in [0.15, 0.2) is 20.2 Å². The summed E-state index contributed by atoms with van der Waals surface area (Å²) in [6.07, 6.45) is 0.184. The van der Waals surface area contributed by atoms with Gasteiger partial charge in [0.05, 0.1) is 25.3 Å². The number of methoxy groups -OCH3 is 1. The molecule has 2 aromatic rings. The molecule has 1 aliphatic rings. The van der Waals surface area contributed by atoms with Gasteiger partial charge in [-0.25, -0.2) is 4.79 Å². The number of ether oxygens (including phenoxy) is 2. The van der Waals surface area contributed by atoms with E-state index in [1.54, 1.807) is 50.1 Å². The number of primary amides is 1. The molecule has 3 rings (SSSR count). The number of nitrogens with one attached hydrogen (secondary N) is 2.